The molecule has 6 rings (SSSR count). The second-order valence-electron chi connectivity index (χ2n) is 14.0. The van der Waals surface area contributed by atoms with Crippen LogP contribution in [0.2, 0.25) is 0 Å². The fraction of sp³-hybridized carbons (Fsp3) is 0.900. The average Bonchev–Trinajstić information content (AvgIpc) is 3.41. The molecule has 15 unspecified atom stereocenters. The Balaban J connectivity index is 1.20. The van der Waals surface area contributed by atoms with Crippen molar-refractivity contribution in [1.82, 2.24) is 0 Å². The van der Waals surface area contributed by atoms with E-state index in [-0.39, 0.29) is 36.4 Å². The molecule has 2 heterocycles. The van der Waals surface area contributed by atoms with Crippen molar-refractivity contribution in [3.05, 3.63) is 11.6 Å². The lowest BCUT2D eigenvalue weighted by molar-refractivity contribution is -0.314. The van der Waals surface area contributed by atoms with E-state index in [0.717, 1.165) is 32.1 Å². The molecule has 0 bridgehead atoms. The number of methoxy groups -OCH3 is 1. The number of rotatable bonds is 4. The lowest BCUT2D eigenvalue weighted by Crippen LogP contribution is -2.67. The van der Waals surface area contributed by atoms with Crippen LogP contribution < -0.4 is 0 Å². The summed E-state index contributed by atoms with van der Waals surface area (Å²) in [7, 11) is 1.46. The van der Waals surface area contributed by atoms with Crippen molar-refractivity contribution in [3.8, 4) is 0 Å². The van der Waals surface area contributed by atoms with E-state index in [1.807, 2.05) is 6.92 Å². The topological polar surface area (TPSA) is 155 Å². The van der Waals surface area contributed by atoms with E-state index < -0.39 is 65.8 Å². The van der Waals surface area contributed by atoms with Gasteiger partial charge in [0.15, 0.2) is 6.29 Å². The molecule has 0 aromatic rings. The summed E-state index contributed by atoms with van der Waals surface area (Å²) < 4.78 is 22.6. The zero-order valence-electron chi connectivity index (χ0n) is 23.9. The van der Waals surface area contributed by atoms with Gasteiger partial charge in [-0.1, -0.05) is 13.8 Å². The van der Waals surface area contributed by atoms with E-state index in [9.17, 15) is 30.3 Å². The van der Waals surface area contributed by atoms with Gasteiger partial charge in [-0.25, -0.2) is 4.79 Å². The van der Waals surface area contributed by atoms with E-state index in [4.69, 9.17) is 18.9 Å². The van der Waals surface area contributed by atoms with Crippen LogP contribution in [0.25, 0.3) is 0 Å². The van der Waals surface area contributed by atoms with Crippen LogP contribution in [0.15, 0.2) is 11.6 Å². The van der Waals surface area contributed by atoms with Crippen molar-refractivity contribution < 1.29 is 49.3 Å². The van der Waals surface area contributed by atoms with Crippen LogP contribution >= 0.6 is 0 Å². The third kappa shape index (κ3) is 4.01. The molecular formula is C30H46O10. The molecule has 0 spiro atoms. The van der Waals surface area contributed by atoms with Crippen molar-refractivity contribution in [3.63, 3.8) is 0 Å². The molecule has 10 nitrogen and oxygen atoms in total. The highest BCUT2D eigenvalue weighted by Gasteiger charge is 2.73. The number of carbonyl (C=O) groups excluding carboxylic acids is 1. The first-order chi connectivity index (χ1) is 18.8. The number of aliphatic hydroxyl groups is 5. The first kappa shape index (κ1) is 29.0. The highest BCUT2D eigenvalue weighted by molar-refractivity contribution is 5.85. The second kappa shape index (κ2) is 9.98. The summed E-state index contributed by atoms with van der Waals surface area (Å²) in [6.07, 6.45) is 0.105. The number of ether oxygens (including phenoxy) is 4. The van der Waals surface area contributed by atoms with Crippen LogP contribution in [0.1, 0.15) is 65.7 Å². The molecule has 6 aliphatic rings. The monoisotopic (exact) mass is 566 g/mol. The van der Waals surface area contributed by atoms with Gasteiger partial charge in [-0.15, -0.1) is 0 Å². The van der Waals surface area contributed by atoms with Crippen LogP contribution in [0.3, 0.4) is 0 Å². The van der Waals surface area contributed by atoms with E-state index in [1.165, 1.54) is 13.2 Å². The summed E-state index contributed by atoms with van der Waals surface area (Å²) in [5.74, 6) is -0.669. The highest BCUT2D eigenvalue weighted by Crippen LogP contribution is 2.70. The summed E-state index contributed by atoms with van der Waals surface area (Å²) in [6, 6.07) is 0. The molecule has 4 saturated carbocycles. The standard InChI is InChI=1S/C30H46O10/c1-14-24(34)26(37-4)25(35)27(39-14)40-17-7-8-28(2)16(10-17)5-6-18-19(28)11-21(32)29(3)23(15-9-22(33)38-13-15)20(31)12-30(18,29)36/h9,14,16-21,23-27,31-32,34-36H,5-8,10-13H2,1-4H3. The molecule has 1 saturated heterocycles. The Morgan fingerprint density at radius 1 is 1.02 bits per heavy atom. The first-order valence-electron chi connectivity index (χ1n) is 15.0. The molecule has 5 N–H and O–H groups in total. The Kier molecular flexibility index (Phi) is 7.23. The highest BCUT2D eigenvalue weighted by atomic mass is 16.7. The van der Waals surface area contributed by atoms with E-state index in [0.29, 0.717) is 17.9 Å². The van der Waals surface area contributed by atoms with E-state index >= 15 is 0 Å². The lowest BCUT2D eigenvalue weighted by atomic mass is 9.42. The Bertz CT molecular complexity index is 1030. The zero-order valence-corrected chi connectivity index (χ0v) is 23.9. The number of fused-ring (bicyclic) bond motifs is 5. The Labute approximate surface area is 235 Å². The van der Waals surface area contributed by atoms with Crippen molar-refractivity contribution >= 4 is 5.97 Å². The van der Waals surface area contributed by atoms with Crippen molar-refractivity contribution in [2.75, 3.05) is 13.7 Å². The van der Waals surface area contributed by atoms with Gasteiger partial charge >= 0.3 is 5.97 Å². The first-order valence-corrected chi connectivity index (χ1v) is 15.0. The van der Waals surface area contributed by atoms with Gasteiger partial charge in [-0.2, -0.15) is 0 Å². The number of esters is 1. The number of hydrogen-bond acceptors (Lipinski definition) is 10. The minimum atomic E-state index is -1.26. The third-order valence-electron chi connectivity index (χ3n) is 12.4. The predicted molar refractivity (Wildman–Crippen MR) is 141 cm³/mol. The summed E-state index contributed by atoms with van der Waals surface area (Å²) in [6.45, 7) is 6.00. The zero-order chi connectivity index (χ0) is 28.8. The van der Waals surface area contributed by atoms with Gasteiger partial charge in [-0.3, -0.25) is 0 Å². The quantitative estimate of drug-likeness (QED) is 0.246. The van der Waals surface area contributed by atoms with Crippen LogP contribution in [0, 0.1) is 34.5 Å². The summed E-state index contributed by atoms with van der Waals surface area (Å²) in [4.78, 5) is 11.8. The van der Waals surface area contributed by atoms with Gasteiger partial charge in [0, 0.05) is 30.9 Å². The normalized spacial score (nSPS) is 56.1. The fourth-order valence-corrected chi connectivity index (χ4v) is 10.1. The molecule has 2 aliphatic heterocycles. The van der Waals surface area contributed by atoms with Crippen LogP contribution in [-0.2, 0) is 23.7 Å². The maximum atomic E-state index is 12.4. The van der Waals surface area contributed by atoms with Gasteiger partial charge in [0.25, 0.3) is 0 Å². The Hall–Kier alpha value is -1.11. The Morgan fingerprint density at radius 2 is 1.77 bits per heavy atom. The maximum Gasteiger partial charge on any atom is 0.331 e. The molecular weight excluding hydrogens is 520 g/mol. The largest absolute Gasteiger partial charge is 0.458 e. The number of aliphatic hydroxyl groups excluding tert-OH is 4. The van der Waals surface area contributed by atoms with Gasteiger partial charge in [0.1, 0.15) is 24.9 Å². The third-order valence-corrected chi connectivity index (χ3v) is 12.4. The van der Waals surface area contributed by atoms with E-state index in [2.05, 4.69) is 6.92 Å². The number of hydrogen-bond donors (Lipinski definition) is 5. The molecule has 226 valence electrons. The maximum absolute atomic E-state index is 12.4. The summed E-state index contributed by atoms with van der Waals surface area (Å²) >= 11 is 0. The molecule has 0 radical (unpaired) electrons. The van der Waals surface area contributed by atoms with Gasteiger partial charge in [0.2, 0.25) is 0 Å². The molecule has 40 heavy (non-hydrogen) atoms. The van der Waals surface area contributed by atoms with Crippen molar-refractivity contribution in [2.24, 2.45) is 34.5 Å². The fourth-order valence-electron chi connectivity index (χ4n) is 10.1. The molecule has 0 amide bonds. The molecule has 4 aliphatic carbocycles. The SMILES string of the molecule is COC1C(O)C(C)OC(OC2CCC3(C)C(CCC4C3CC(O)C3(C)C(C5=CC(=O)OC5)C(O)CC43O)C2)C1O. The van der Waals surface area contributed by atoms with Crippen molar-refractivity contribution in [1.29, 1.82) is 0 Å². The predicted octanol–water partition coefficient (Wildman–Crippen LogP) is 1.05. The summed E-state index contributed by atoms with van der Waals surface area (Å²) in [5.41, 5.74) is -1.71. The van der Waals surface area contributed by atoms with Gasteiger partial charge < -0.3 is 44.5 Å². The van der Waals surface area contributed by atoms with Crippen LogP contribution in [0.5, 0.6) is 0 Å². The minimum absolute atomic E-state index is 0.0752. The number of cyclic esters (lactones) is 1. The average molecular weight is 567 g/mol. The van der Waals surface area contributed by atoms with Crippen molar-refractivity contribution in [2.45, 2.75) is 120 Å². The molecule has 15 atom stereocenters. The Morgan fingerprint density at radius 3 is 2.45 bits per heavy atom. The smallest absolute Gasteiger partial charge is 0.331 e. The minimum Gasteiger partial charge on any atom is -0.458 e. The van der Waals surface area contributed by atoms with E-state index in [1.54, 1.807) is 6.92 Å². The molecule has 0 aromatic heterocycles. The van der Waals surface area contributed by atoms with Gasteiger partial charge in [-0.05, 0) is 74.2 Å². The molecule has 10 heteroatoms. The van der Waals surface area contributed by atoms with Gasteiger partial charge in [0.05, 0.1) is 30.0 Å². The lowest BCUT2D eigenvalue weighted by Gasteiger charge is -2.65. The second-order valence-corrected chi connectivity index (χ2v) is 14.0. The molecule has 5 fully saturated rings. The molecule has 0 aromatic carbocycles. The summed E-state index contributed by atoms with van der Waals surface area (Å²) in [5, 5.41) is 56.4. The van der Waals surface area contributed by atoms with Crippen LogP contribution in [0.4, 0.5) is 0 Å². The van der Waals surface area contributed by atoms with Crippen LogP contribution in [-0.4, -0.2) is 99.8 Å². The number of carbonyl (C=O) groups is 1.